The van der Waals surface area contributed by atoms with Gasteiger partial charge in [0.2, 0.25) is 0 Å². The van der Waals surface area contributed by atoms with Crippen LogP contribution < -0.4 is 4.74 Å². The number of benzene rings is 2. The lowest BCUT2D eigenvalue weighted by atomic mass is 10.1. The lowest BCUT2D eigenvalue weighted by molar-refractivity contribution is -0.121. The maximum atomic E-state index is 11.7. The highest BCUT2D eigenvalue weighted by Gasteiger charge is 2.31. The molecule has 1 heterocycles. The van der Waals surface area contributed by atoms with Crippen molar-refractivity contribution < 1.29 is 29.0 Å². The standard InChI is InChI=1S/C20H17ClO6S/c21-14-3-1-2-13(9-14)17(27-20(24)25)11-26-15-6-4-12(5-7-15)8-18-16(22)10-19(23)28-18/h1-7,9,17-18H,8,10-11H2,(H,24,25)/t17-,18?/m0/s1. The molecule has 0 aliphatic carbocycles. The Hall–Kier alpha value is -2.51. The molecule has 0 saturated carbocycles. The molecule has 0 amide bonds. The zero-order valence-corrected chi connectivity index (χ0v) is 16.2. The third-order valence-corrected chi connectivity index (χ3v) is 5.52. The summed E-state index contributed by atoms with van der Waals surface area (Å²) in [4.78, 5) is 34.0. The number of hydrogen-bond donors (Lipinski definition) is 1. The minimum absolute atomic E-state index is 0.00496. The Labute approximate surface area is 170 Å². The first-order valence-electron chi connectivity index (χ1n) is 8.49. The molecule has 3 rings (SSSR count). The van der Waals surface area contributed by atoms with Crippen LogP contribution in [0.5, 0.6) is 5.75 Å². The van der Waals surface area contributed by atoms with E-state index in [1.807, 2.05) is 12.1 Å². The molecule has 8 heteroatoms. The number of carboxylic acid groups (broad SMARTS) is 1. The van der Waals surface area contributed by atoms with Crippen LogP contribution in [0.4, 0.5) is 4.79 Å². The van der Waals surface area contributed by atoms with Gasteiger partial charge in [-0.2, -0.15) is 0 Å². The van der Waals surface area contributed by atoms with Crippen molar-refractivity contribution in [2.24, 2.45) is 0 Å². The van der Waals surface area contributed by atoms with Gasteiger partial charge in [-0.15, -0.1) is 0 Å². The Morgan fingerprint density at radius 1 is 1.21 bits per heavy atom. The van der Waals surface area contributed by atoms with Crippen LogP contribution in [0.1, 0.15) is 23.7 Å². The zero-order chi connectivity index (χ0) is 20.1. The second kappa shape index (κ2) is 9.12. The highest BCUT2D eigenvalue weighted by molar-refractivity contribution is 8.15. The SMILES string of the molecule is O=C(O)O[C@@H](COc1ccc(CC2SC(=O)CC2=O)cc1)c1cccc(Cl)c1. The maximum absolute atomic E-state index is 11.7. The summed E-state index contributed by atoms with van der Waals surface area (Å²) in [5, 5.41) is 9.02. The number of rotatable bonds is 7. The molecule has 2 aromatic carbocycles. The van der Waals surface area contributed by atoms with Crippen molar-refractivity contribution in [2.75, 3.05) is 6.61 Å². The van der Waals surface area contributed by atoms with Crippen molar-refractivity contribution in [3.63, 3.8) is 0 Å². The first-order chi connectivity index (χ1) is 13.4. The second-order valence-electron chi connectivity index (χ2n) is 6.21. The summed E-state index contributed by atoms with van der Waals surface area (Å²) in [5.74, 6) is 0.497. The minimum Gasteiger partial charge on any atom is -0.489 e. The van der Waals surface area contributed by atoms with Gasteiger partial charge in [0.05, 0.1) is 11.7 Å². The lowest BCUT2D eigenvalue weighted by Crippen LogP contribution is -2.17. The van der Waals surface area contributed by atoms with Crippen LogP contribution >= 0.6 is 23.4 Å². The van der Waals surface area contributed by atoms with E-state index in [0.717, 1.165) is 17.3 Å². The van der Waals surface area contributed by atoms with Crippen LogP contribution in [0.25, 0.3) is 0 Å². The van der Waals surface area contributed by atoms with Gasteiger partial charge >= 0.3 is 6.16 Å². The van der Waals surface area contributed by atoms with Gasteiger partial charge in [-0.05, 0) is 41.8 Å². The Kier molecular flexibility index (Phi) is 6.59. The molecule has 2 atom stereocenters. The summed E-state index contributed by atoms with van der Waals surface area (Å²) in [6, 6.07) is 13.8. The molecule has 146 valence electrons. The number of carbonyl (C=O) groups excluding carboxylic acids is 2. The van der Waals surface area contributed by atoms with E-state index in [4.69, 9.17) is 26.2 Å². The molecule has 0 spiro atoms. The third kappa shape index (κ3) is 5.50. The third-order valence-electron chi connectivity index (χ3n) is 4.16. The van der Waals surface area contributed by atoms with Crippen LogP contribution in [0.2, 0.25) is 5.02 Å². The Morgan fingerprint density at radius 2 is 1.96 bits per heavy atom. The van der Waals surface area contributed by atoms with Gasteiger partial charge in [-0.3, -0.25) is 9.59 Å². The Balaban J connectivity index is 1.61. The second-order valence-corrected chi connectivity index (χ2v) is 7.90. The molecule has 0 radical (unpaired) electrons. The average molecular weight is 421 g/mol. The minimum atomic E-state index is -1.41. The van der Waals surface area contributed by atoms with Crippen LogP contribution in [0.15, 0.2) is 48.5 Å². The van der Waals surface area contributed by atoms with E-state index in [9.17, 15) is 14.4 Å². The number of ether oxygens (including phenoxy) is 2. The van der Waals surface area contributed by atoms with E-state index < -0.39 is 12.3 Å². The summed E-state index contributed by atoms with van der Waals surface area (Å²) >= 11 is 7.05. The number of ketones is 1. The first kappa shape index (κ1) is 20.2. The van der Waals surface area contributed by atoms with Gasteiger partial charge < -0.3 is 14.6 Å². The summed E-state index contributed by atoms with van der Waals surface area (Å²) in [7, 11) is 0. The summed E-state index contributed by atoms with van der Waals surface area (Å²) < 4.78 is 10.6. The van der Waals surface area contributed by atoms with Gasteiger partial charge in [0.15, 0.2) is 17.0 Å². The van der Waals surface area contributed by atoms with Crippen LogP contribution in [0, 0.1) is 0 Å². The highest BCUT2D eigenvalue weighted by atomic mass is 35.5. The van der Waals surface area contributed by atoms with Crippen LogP contribution in [0.3, 0.4) is 0 Å². The predicted molar refractivity (Wildman–Crippen MR) is 105 cm³/mol. The van der Waals surface area contributed by atoms with Crippen molar-refractivity contribution in [1.82, 2.24) is 0 Å². The molecule has 6 nitrogen and oxygen atoms in total. The quantitative estimate of drug-likeness (QED) is 0.527. The largest absolute Gasteiger partial charge is 0.506 e. The lowest BCUT2D eigenvalue weighted by Gasteiger charge is -2.17. The molecule has 1 fully saturated rings. The molecule has 0 bridgehead atoms. The molecular weight excluding hydrogens is 404 g/mol. The van der Waals surface area contributed by atoms with E-state index in [1.54, 1.807) is 36.4 Å². The molecule has 28 heavy (non-hydrogen) atoms. The van der Waals surface area contributed by atoms with E-state index in [1.165, 1.54) is 0 Å². The normalized spacial score (nSPS) is 17.4. The average Bonchev–Trinajstić information content (AvgIpc) is 2.96. The predicted octanol–water partition coefficient (Wildman–Crippen LogP) is 4.30. The number of Topliss-reactive ketones (excluding diaryl/α,β-unsaturated/α-hetero) is 1. The van der Waals surface area contributed by atoms with E-state index in [2.05, 4.69) is 0 Å². The number of thioether (sulfide) groups is 1. The highest BCUT2D eigenvalue weighted by Crippen LogP contribution is 2.28. The number of carbonyl (C=O) groups is 3. The van der Waals surface area contributed by atoms with Crippen molar-refractivity contribution >= 4 is 40.4 Å². The molecule has 1 saturated heterocycles. The zero-order valence-electron chi connectivity index (χ0n) is 14.7. The maximum Gasteiger partial charge on any atom is 0.506 e. The Morgan fingerprint density at radius 3 is 2.57 bits per heavy atom. The van der Waals surface area contributed by atoms with Gasteiger partial charge in [0, 0.05) is 5.02 Å². The van der Waals surface area contributed by atoms with Crippen LogP contribution in [-0.2, 0) is 20.7 Å². The fourth-order valence-corrected chi connectivity index (χ4v) is 4.04. The van der Waals surface area contributed by atoms with Crippen molar-refractivity contribution in [1.29, 1.82) is 0 Å². The monoisotopic (exact) mass is 420 g/mol. The molecule has 1 aliphatic heterocycles. The van der Waals surface area contributed by atoms with E-state index in [-0.39, 0.29) is 29.2 Å². The van der Waals surface area contributed by atoms with E-state index >= 15 is 0 Å². The number of halogens is 1. The summed E-state index contributed by atoms with van der Waals surface area (Å²) in [6.07, 6.45) is -1.74. The fourth-order valence-electron chi connectivity index (χ4n) is 2.81. The summed E-state index contributed by atoms with van der Waals surface area (Å²) in [5.41, 5.74) is 1.51. The van der Waals surface area contributed by atoms with E-state index in [0.29, 0.717) is 22.8 Å². The van der Waals surface area contributed by atoms with Gasteiger partial charge in [-0.1, -0.05) is 47.6 Å². The van der Waals surface area contributed by atoms with Gasteiger partial charge in [-0.25, -0.2) is 4.79 Å². The Bertz CT molecular complexity index is 883. The van der Waals surface area contributed by atoms with Gasteiger partial charge in [0.1, 0.15) is 12.4 Å². The van der Waals surface area contributed by atoms with Gasteiger partial charge in [0.25, 0.3) is 0 Å². The fraction of sp³-hybridized carbons (Fsp3) is 0.250. The van der Waals surface area contributed by atoms with Crippen molar-refractivity contribution in [3.05, 3.63) is 64.7 Å². The first-order valence-corrected chi connectivity index (χ1v) is 9.75. The van der Waals surface area contributed by atoms with Crippen molar-refractivity contribution in [2.45, 2.75) is 24.2 Å². The van der Waals surface area contributed by atoms with Crippen molar-refractivity contribution in [3.8, 4) is 5.75 Å². The molecular formula is C20H17ClO6S. The van der Waals surface area contributed by atoms with Crippen LogP contribution in [-0.4, -0.2) is 34.0 Å². The molecule has 2 aromatic rings. The topological polar surface area (TPSA) is 89.9 Å². The number of hydrogen-bond acceptors (Lipinski definition) is 6. The summed E-state index contributed by atoms with van der Waals surface area (Å²) in [6.45, 7) is -0.0164. The molecule has 0 aromatic heterocycles. The molecule has 1 aliphatic rings. The smallest absolute Gasteiger partial charge is 0.489 e. The molecule has 1 unspecified atom stereocenters. The molecule has 1 N–H and O–H groups in total.